The molecule has 2 aromatic heterocycles. The highest BCUT2D eigenvalue weighted by molar-refractivity contribution is 5.62. The summed E-state index contributed by atoms with van der Waals surface area (Å²) in [5.41, 5.74) is 4.03. The van der Waals surface area contributed by atoms with Gasteiger partial charge < -0.3 is 9.15 Å². The Labute approximate surface area is 129 Å². The van der Waals surface area contributed by atoms with Gasteiger partial charge in [0, 0.05) is 18.0 Å². The molecule has 1 aromatic carbocycles. The second kappa shape index (κ2) is 5.67. The van der Waals surface area contributed by atoms with Gasteiger partial charge in [0.2, 0.25) is 5.89 Å². The van der Waals surface area contributed by atoms with Crippen LogP contribution in [0.15, 0.2) is 35.0 Å². The molecule has 0 saturated heterocycles. The third kappa shape index (κ3) is 2.62. The summed E-state index contributed by atoms with van der Waals surface area (Å²) in [5.74, 6) is 2.34. The number of nitrogens with zero attached hydrogens (tertiary/aromatic N) is 3. The van der Waals surface area contributed by atoms with E-state index in [1.165, 1.54) is 0 Å². The molecule has 0 bridgehead atoms. The van der Waals surface area contributed by atoms with Gasteiger partial charge in [0.1, 0.15) is 17.2 Å². The maximum Gasteiger partial charge on any atom is 0.226 e. The van der Waals surface area contributed by atoms with E-state index in [1.807, 2.05) is 43.8 Å². The Morgan fingerprint density at radius 2 is 2.00 bits per heavy atom. The summed E-state index contributed by atoms with van der Waals surface area (Å²) in [6.07, 6.45) is 3.67. The maximum atomic E-state index is 5.87. The van der Waals surface area contributed by atoms with E-state index in [1.54, 1.807) is 13.3 Å². The zero-order chi connectivity index (χ0) is 15.7. The van der Waals surface area contributed by atoms with Gasteiger partial charge in [-0.15, -0.1) is 0 Å². The van der Waals surface area contributed by atoms with Gasteiger partial charge in [-0.1, -0.05) is 0 Å². The Bertz CT molecular complexity index is 789. The number of oxazole rings is 1. The number of aryl methyl sites for hydroxylation is 3. The van der Waals surface area contributed by atoms with Crippen LogP contribution in [0.25, 0.3) is 11.5 Å². The van der Waals surface area contributed by atoms with Crippen LogP contribution in [0.2, 0.25) is 0 Å². The van der Waals surface area contributed by atoms with Crippen LogP contribution in [-0.2, 0) is 6.54 Å². The highest BCUT2D eigenvalue weighted by Gasteiger charge is 2.15. The first-order valence-corrected chi connectivity index (χ1v) is 7.18. The molecule has 0 radical (unpaired) electrons. The molecule has 0 atom stereocenters. The van der Waals surface area contributed by atoms with Crippen molar-refractivity contribution < 1.29 is 9.15 Å². The van der Waals surface area contributed by atoms with Crippen LogP contribution >= 0.6 is 0 Å². The Morgan fingerprint density at radius 1 is 1.18 bits per heavy atom. The van der Waals surface area contributed by atoms with E-state index < -0.39 is 0 Å². The molecule has 5 nitrogen and oxygen atoms in total. The van der Waals surface area contributed by atoms with E-state index in [-0.39, 0.29) is 0 Å². The largest absolute Gasteiger partial charge is 0.496 e. The van der Waals surface area contributed by atoms with Gasteiger partial charge in [0.05, 0.1) is 13.7 Å². The van der Waals surface area contributed by atoms with Crippen LogP contribution in [0.4, 0.5) is 0 Å². The van der Waals surface area contributed by atoms with E-state index in [9.17, 15) is 0 Å². The SMILES string of the molecule is COc1cc(C)c(-c2nc(Cn3cccn3)c(C)o2)cc1C. The average molecular weight is 297 g/mol. The van der Waals surface area contributed by atoms with Crippen molar-refractivity contribution in [2.45, 2.75) is 27.3 Å². The van der Waals surface area contributed by atoms with Crippen LogP contribution in [0.3, 0.4) is 0 Å². The molecule has 0 fully saturated rings. The molecular weight excluding hydrogens is 278 g/mol. The Hall–Kier alpha value is -2.56. The first-order valence-electron chi connectivity index (χ1n) is 7.18. The second-order valence-corrected chi connectivity index (χ2v) is 5.36. The topological polar surface area (TPSA) is 53.1 Å². The van der Waals surface area contributed by atoms with Crippen molar-refractivity contribution in [1.29, 1.82) is 0 Å². The first-order chi connectivity index (χ1) is 10.6. The zero-order valence-corrected chi connectivity index (χ0v) is 13.3. The number of benzene rings is 1. The van der Waals surface area contributed by atoms with E-state index >= 15 is 0 Å². The van der Waals surface area contributed by atoms with Gasteiger partial charge in [0.15, 0.2) is 0 Å². The van der Waals surface area contributed by atoms with E-state index in [0.717, 1.165) is 33.9 Å². The predicted octanol–water partition coefficient (Wildman–Crippen LogP) is 3.52. The van der Waals surface area contributed by atoms with Gasteiger partial charge in [-0.2, -0.15) is 5.10 Å². The van der Waals surface area contributed by atoms with Gasteiger partial charge >= 0.3 is 0 Å². The molecule has 2 heterocycles. The Morgan fingerprint density at radius 3 is 2.68 bits per heavy atom. The Balaban J connectivity index is 1.98. The molecule has 0 aliphatic rings. The molecule has 0 unspecified atom stereocenters. The fourth-order valence-electron chi connectivity index (χ4n) is 2.48. The van der Waals surface area contributed by atoms with Crippen molar-refractivity contribution in [2.75, 3.05) is 7.11 Å². The lowest BCUT2D eigenvalue weighted by Crippen LogP contribution is -2.01. The fourth-order valence-corrected chi connectivity index (χ4v) is 2.48. The van der Waals surface area contributed by atoms with Crippen molar-refractivity contribution in [1.82, 2.24) is 14.8 Å². The normalized spacial score (nSPS) is 10.9. The fraction of sp³-hybridized carbons (Fsp3) is 0.294. The molecule has 22 heavy (non-hydrogen) atoms. The van der Waals surface area contributed by atoms with Gasteiger partial charge in [0.25, 0.3) is 0 Å². The molecule has 5 heteroatoms. The third-order valence-corrected chi connectivity index (χ3v) is 3.74. The molecule has 0 saturated carbocycles. The van der Waals surface area contributed by atoms with Crippen molar-refractivity contribution in [3.05, 3.63) is 53.2 Å². The van der Waals surface area contributed by atoms with E-state index in [2.05, 4.69) is 16.1 Å². The standard InChI is InChI=1S/C17H19N3O2/c1-11-9-16(21-4)12(2)8-14(11)17-19-15(13(3)22-17)10-20-7-5-6-18-20/h5-9H,10H2,1-4H3. The summed E-state index contributed by atoms with van der Waals surface area (Å²) >= 11 is 0. The van der Waals surface area contributed by atoms with Gasteiger partial charge in [-0.25, -0.2) is 4.98 Å². The van der Waals surface area contributed by atoms with Gasteiger partial charge in [-0.05, 0) is 50.1 Å². The first kappa shape index (κ1) is 14.4. The summed E-state index contributed by atoms with van der Waals surface area (Å²) in [6, 6.07) is 5.96. The zero-order valence-electron chi connectivity index (χ0n) is 13.3. The molecule has 3 rings (SSSR count). The summed E-state index contributed by atoms with van der Waals surface area (Å²) in [5, 5.41) is 4.21. The van der Waals surface area contributed by atoms with Crippen molar-refractivity contribution >= 4 is 0 Å². The minimum absolute atomic E-state index is 0.608. The molecule has 0 amide bonds. The highest BCUT2D eigenvalue weighted by Crippen LogP contribution is 2.30. The van der Waals surface area contributed by atoms with Crippen LogP contribution in [0, 0.1) is 20.8 Å². The average Bonchev–Trinajstić information content (AvgIpc) is 3.12. The molecule has 114 valence electrons. The van der Waals surface area contributed by atoms with Crippen molar-refractivity contribution in [2.24, 2.45) is 0 Å². The molecule has 3 aromatic rings. The highest BCUT2D eigenvalue weighted by atomic mass is 16.5. The number of hydrogen-bond donors (Lipinski definition) is 0. The minimum Gasteiger partial charge on any atom is -0.496 e. The van der Waals surface area contributed by atoms with Crippen LogP contribution in [0.5, 0.6) is 5.75 Å². The number of aromatic nitrogens is 3. The molecule has 0 spiro atoms. The number of hydrogen-bond acceptors (Lipinski definition) is 4. The maximum absolute atomic E-state index is 5.87. The van der Waals surface area contributed by atoms with Crippen molar-refractivity contribution in [3.8, 4) is 17.2 Å². The lowest BCUT2D eigenvalue weighted by atomic mass is 10.0. The number of methoxy groups -OCH3 is 1. The van der Waals surface area contributed by atoms with E-state index in [0.29, 0.717) is 12.4 Å². The summed E-state index contributed by atoms with van der Waals surface area (Å²) in [6.45, 7) is 6.59. The number of rotatable bonds is 4. The van der Waals surface area contributed by atoms with Crippen LogP contribution < -0.4 is 4.74 Å². The lowest BCUT2D eigenvalue weighted by molar-refractivity contribution is 0.411. The van der Waals surface area contributed by atoms with Crippen molar-refractivity contribution in [3.63, 3.8) is 0 Å². The van der Waals surface area contributed by atoms with Crippen LogP contribution in [0.1, 0.15) is 22.6 Å². The van der Waals surface area contributed by atoms with Gasteiger partial charge in [-0.3, -0.25) is 4.68 Å². The lowest BCUT2D eigenvalue weighted by Gasteiger charge is -2.08. The molecular formula is C17H19N3O2. The predicted molar refractivity (Wildman–Crippen MR) is 84.0 cm³/mol. The van der Waals surface area contributed by atoms with Crippen LogP contribution in [-0.4, -0.2) is 21.9 Å². The Kier molecular flexibility index (Phi) is 3.71. The molecule has 0 aliphatic heterocycles. The second-order valence-electron chi connectivity index (χ2n) is 5.36. The summed E-state index contributed by atoms with van der Waals surface area (Å²) in [7, 11) is 1.68. The summed E-state index contributed by atoms with van der Waals surface area (Å²) < 4.78 is 13.1. The van der Waals surface area contributed by atoms with E-state index in [4.69, 9.17) is 9.15 Å². The smallest absolute Gasteiger partial charge is 0.226 e. The molecule has 0 aliphatic carbocycles. The third-order valence-electron chi connectivity index (χ3n) is 3.74. The number of ether oxygens (including phenoxy) is 1. The molecule has 0 N–H and O–H groups in total. The quantitative estimate of drug-likeness (QED) is 0.739. The summed E-state index contributed by atoms with van der Waals surface area (Å²) in [4.78, 5) is 4.64. The monoisotopic (exact) mass is 297 g/mol. The minimum atomic E-state index is 0.608.